The fraction of sp³-hybridized carbons (Fsp3) is 0.692. The molecule has 1 aliphatic heterocycles. The first-order valence-corrected chi connectivity index (χ1v) is 18.8. The summed E-state index contributed by atoms with van der Waals surface area (Å²) in [5.74, 6) is -2.95. The van der Waals surface area contributed by atoms with Gasteiger partial charge in [-0.1, -0.05) is 58.6 Å². The molecule has 0 spiro atoms. The molecule has 2 aliphatic rings. The maximum Gasteiger partial charge on any atom is 0.308 e. The fourth-order valence-electron chi connectivity index (χ4n) is 6.64. The first-order valence-electron chi connectivity index (χ1n) is 18.8. The van der Waals surface area contributed by atoms with Crippen LogP contribution in [0, 0.1) is 5.92 Å². The van der Waals surface area contributed by atoms with E-state index in [1.54, 1.807) is 58.9 Å². The molecule has 1 saturated heterocycles. The van der Waals surface area contributed by atoms with E-state index >= 15 is 0 Å². The predicted molar refractivity (Wildman–Crippen MR) is 193 cm³/mol. The van der Waals surface area contributed by atoms with Gasteiger partial charge in [-0.15, -0.1) is 5.60 Å². The highest BCUT2D eigenvalue weighted by Gasteiger charge is 2.41. The van der Waals surface area contributed by atoms with Crippen LogP contribution in [-0.2, 0) is 39.9 Å². The van der Waals surface area contributed by atoms with E-state index in [4.69, 9.17) is 9.47 Å². The van der Waals surface area contributed by atoms with Gasteiger partial charge in [0.15, 0.2) is 0 Å². The molecule has 3 rings (SSSR count). The van der Waals surface area contributed by atoms with Gasteiger partial charge in [-0.2, -0.15) is 0 Å². The lowest BCUT2D eigenvalue weighted by Crippen LogP contribution is -2.58. The topological polar surface area (TPSA) is 183 Å². The summed E-state index contributed by atoms with van der Waals surface area (Å²) in [5.41, 5.74) is -1.08. The summed E-state index contributed by atoms with van der Waals surface area (Å²) in [6.45, 7) is 10.7. The molecule has 290 valence electrons. The van der Waals surface area contributed by atoms with Crippen molar-refractivity contribution >= 4 is 35.4 Å². The van der Waals surface area contributed by atoms with E-state index in [9.17, 15) is 33.9 Å². The van der Waals surface area contributed by atoms with Crippen LogP contribution in [0.2, 0.25) is 0 Å². The number of rotatable bonds is 18. The Hall–Kier alpha value is -4.00. The van der Waals surface area contributed by atoms with E-state index in [-0.39, 0.29) is 50.1 Å². The van der Waals surface area contributed by atoms with E-state index in [0.29, 0.717) is 43.5 Å². The summed E-state index contributed by atoms with van der Waals surface area (Å²) in [7, 11) is 0. The van der Waals surface area contributed by atoms with Crippen molar-refractivity contribution in [1.82, 2.24) is 20.9 Å². The quantitative estimate of drug-likeness (QED) is 0.151. The van der Waals surface area contributed by atoms with Gasteiger partial charge >= 0.3 is 5.97 Å². The lowest BCUT2D eigenvalue weighted by atomic mass is 9.83. The van der Waals surface area contributed by atoms with Gasteiger partial charge in [-0.3, -0.25) is 28.8 Å². The number of hydrogen-bond acceptors (Lipinski definition) is 9. The summed E-state index contributed by atoms with van der Waals surface area (Å²) in [6.07, 6.45) is 6.41. The van der Waals surface area contributed by atoms with Crippen LogP contribution in [0.1, 0.15) is 118 Å². The second-order valence-electron chi connectivity index (χ2n) is 15.6. The monoisotopic (exact) mass is 727 g/mol. The maximum atomic E-state index is 14.2. The molecule has 52 heavy (non-hydrogen) atoms. The molecule has 1 saturated carbocycles. The second kappa shape index (κ2) is 19.7. The Balaban J connectivity index is 1.66. The van der Waals surface area contributed by atoms with Crippen LogP contribution in [0.4, 0.5) is 0 Å². The van der Waals surface area contributed by atoms with Gasteiger partial charge in [0.25, 0.3) is 5.91 Å². The Labute approximate surface area is 308 Å². The number of amides is 4. The molecule has 1 unspecified atom stereocenters. The molecule has 13 nitrogen and oxygen atoms in total. The van der Waals surface area contributed by atoms with Gasteiger partial charge in [0, 0.05) is 13.1 Å². The third-order valence-electron chi connectivity index (χ3n) is 9.25. The largest absolute Gasteiger partial charge is 0.850 e. The molecule has 1 aromatic carbocycles. The Morgan fingerprint density at radius 2 is 1.67 bits per heavy atom. The third-order valence-corrected chi connectivity index (χ3v) is 9.25. The zero-order valence-corrected chi connectivity index (χ0v) is 31.8. The number of nitrogens with zero attached hydrogens (tertiary/aromatic N) is 1. The van der Waals surface area contributed by atoms with Crippen molar-refractivity contribution in [3.8, 4) is 5.75 Å². The number of ketones is 1. The van der Waals surface area contributed by atoms with Crippen molar-refractivity contribution in [2.24, 2.45) is 5.92 Å². The van der Waals surface area contributed by atoms with Crippen molar-refractivity contribution in [3.05, 3.63) is 29.8 Å². The molecule has 1 aliphatic carbocycles. The van der Waals surface area contributed by atoms with Gasteiger partial charge in [0.2, 0.25) is 23.5 Å². The van der Waals surface area contributed by atoms with Crippen LogP contribution in [0.5, 0.6) is 5.75 Å². The van der Waals surface area contributed by atoms with Crippen LogP contribution in [0.3, 0.4) is 0 Å². The van der Waals surface area contributed by atoms with Crippen LogP contribution in [-0.4, -0.2) is 89.3 Å². The van der Waals surface area contributed by atoms with Crippen LogP contribution < -0.4 is 25.8 Å². The number of esters is 1. The van der Waals surface area contributed by atoms with Crippen molar-refractivity contribution in [3.63, 3.8) is 0 Å². The molecule has 3 N–H and O–H groups in total. The van der Waals surface area contributed by atoms with E-state index in [1.165, 1.54) is 4.90 Å². The normalized spacial score (nSPS) is 17.8. The number of ether oxygens (including phenoxy) is 2. The number of hydrogen-bond donors (Lipinski definition) is 3. The smallest absolute Gasteiger partial charge is 0.308 e. The number of benzene rings is 1. The highest BCUT2D eigenvalue weighted by Crippen LogP contribution is 2.30. The standard InChI is InChI=1S/C39H59N4O9/c1-7-13-29(34(46)36(48)40-21-19-32(45)52-38(2,3)4)41-35(47)30-18-12-22-43(30)37(49)33(27-15-9-8-10-16-27)42-31(44)25-26-14-11-17-28(24-26)51-23-20-39(5,6)50/h11,14,17,24,27,29-30,33H,7-10,12-13,15-16,18-23,25H2,1-6H3,(H,40,48)(H,41,47)(H,42,44)/q-1/t29?,30-,33-/m0/s1. The van der Waals surface area contributed by atoms with Crippen molar-refractivity contribution in [1.29, 1.82) is 0 Å². The average Bonchev–Trinajstić information content (AvgIpc) is 3.56. The Bertz CT molecular complexity index is 1390. The van der Waals surface area contributed by atoms with Crippen LogP contribution in [0.15, 0.2) is 24.3 Å². The summed E-state index contributed by atoms with van der Waals surface area (Å²) in [4.78, 5) is 80.7. The summed E-state index contributed by atoms with van der Waals surface area (Å²) in [6, 6.07) is 4.33. The van der Waals surface area contributed by atoms with Gasteiger partial charge in [-0.25, -0.2) is 0 Å². The zero-order chi connectivity index (χ0) is 38.5. The highest BCUT2D eigenvalue weighted by molar-refractivity contribution is 6.38. The Morgan fingerprint density at radius 3 is 2.33 bits per heavy atom. The molecule has 0 aromatic heterocycles. The van der Waals surface area contributed by atoms with Crippen molar-refractivity contribution < 1.29 is 43.3 Å². The highest BCUT2D eigenvalue weighted by atomic mass is 16.6. The molecular weight excluding hydrogens is 668 g/mol. The summed E-state index contributed by atoms with van der Waals surface area (Å²) in [5, 5.41) is 20.1. The van der Waals surface area contributed by atoms with Crippen LogP contribution in [0.25, 0.3) is 0 Å². The minimum atomic E-state index is -1.11. The van der Waals surface area contributed by atoms with E-state index in [1.807, 2.05) is 6.92 Å². The van der Waals surface area contributed by atoms with E-state index in [0.717, 1.165) is 32.1 Å². The molecule has 1 aromatic rings. The number of carbonyl (C=O) groups excluding carboxylic acids is 6. The Kier molecular flexibility index (Phi) is 16.1. The third kappa shape index (κ3) is 14.2. The van der Waals surface area contributed by atoms with Gasteiger partial charge in [0.1, 0.15) is 23.4 Å². The summed E-state index contributed by atoms with van der Waals surface area (Å²) < 4.78 is 11.0. The summed E-state index contributed by atoms with van der Waals surface area (Å²) >= 11 is 0. The lowest BCUT2D eigenvalue weighted by molar-refractivity contribution is -0.467. The number of likely N-dealkylation sites (tertiary alicyclic amines) is 1. The number of carbonyl (C=O) groups is 6. The molecular formula is C39H59N4O9-. The molecule has 0 bridgehead atoms. The first-order chi connectivity index (χ1) is 24.5. The molecule has 0 radical (unpaired) electrons. The van der Waals surface area contributed by atoms with Crippen LogP contribution >= 0.6 is 0 Å². The minimum absolute atomic E-state index is 0.0192. The van der Waals surface area contributed by atoms with Crippen molar-refractivity contribution in [2.45, 2.75) is 148 Å². The predicted octanol–water partition coefficient (Wildman–Crippen LogP) is 2.90. The Morgan fingerprint density at radius 1 is 0.962 bits per heavy atom. The number of Topliss-reactive ketones (excluding diaryl/α,β-unsaturated/α-hetero) is 1. The van der Waals surface area contributed by atoms with Gasteiger partial charge in [-0.05, 0) is 82.9 Å². The molecule has 13 heteroatoms. The first kappa shape index (κ1) is 42.4. The molecule has 3 atom stereocenters. The van der Waals surface area contributed by atoms with E-state index in [2.05, 4.69) is 16.0 Å². The number of nitrogens with one attached hydrogen (secondary N) is 3. The van der Waals surface area contributed by atoms with E-state index < -0.39 is 52.9 Å². The molecule has 2 fully saturated rings. The second-order valence-corrected chi connectivity index (χ2v) is 15.6. The molecule has 4 amide bonds. The van der Waals surface area contributed by atoms with Crippen molar-refractivity contribution in [2.75, 3.05) is 19.7 Å². The fourth-order valence-corrected chi connectivity index (χ4v) is 6.64. The molecule has 1 heterocycles. The lowest BCUT2D eigenvalue weighted by Gasteiger charge is -2.35. The maximum absolute atomic E-state index is 14.2. The zero-order valence-electron chi connectivity index (χ0n) is 31.8. The average molecular weight is 728 g/mol. The van der Waals surface area contributed by atoms with Gasteiger partial charge < -0.3 is 35.4 Å². The van der Waals surface area contributed by atoms with Gasteiger partial charge in [0.05, 0.1) is 25.5 Å². The SMILES string of the molecule is CCCC(NC(=O)[C@@H]1CCCN1C(=O)[C@@H](NC(=O)Cc1cccc(OCCC(C)(C)[O-])c1)C1CCCCC1)C(=O)C(=O)NCCC(=O)OC(C)(C)C. The minimum Gasteiger partial charge on any atom is -0.850 e.